The Morgan fingerprint density at radius 3 is 2.32 bits per heavy atom. The lowest BCUT2D eigenvalue weighted by Gasteiger charge is -2.12. The van der Waals surface area contributed by atoms with Crippen LogP contribution in [0.25, 0.3) is 10.9 Å². The quantitative estimate of drug-likeness (QED) is 0.662. The molecule has 0 fully saturated rings. The fourth-order valence-corrected chi connectivity index (χ4v) is 2.86. The van der Waals surface area contributed by atoms with Gasteiger partial charge in [-0.25, -0.2) is 9.78 Å². The lowest BCUT2D eigenvalue weighted by molar-refractivity contribution is 0.0601. The predicted molar refractivity (Wildman–Crippen MR) is 104 cm³/mol. The minimum Gasteiger partial charge on any atom is -0.465 e. The smallest absolute Gasteiger partial charge is 0.337 e. The Morgan fingerprint density at radius 2 is 1.68 bits per heavy atom. The van der Waals surface area contributed by atoms with Crippen LogP contribution in [0.15, 0.2) is 42.5 Å². The first kappa shape index (κ1) is 18.7. The summed E-state index contributed by atoms with van der Waals surface area (Å²) in [5, 5.41) is 4.48. The fourth-order valence-electron chi connectivity index (χ4n) is 2.86. The molecule has 25 heavy (non-hydrogen) atoms. The number of nitrogens with zero attached hydrogens (tertiary/aromatic N) is 1. The van der Waals surface area contributed by atoms with Crippen LogP contribution in [0.1, 0.15) is 27.0 Å². The number of halogens is 1. The summed E-state index contributed by atoms with van der Waals surface area (Å²) in [6.45, 7) is 6.27. The van der Waals surface area contributed by atoms with Crippen LogP contribution in [-0.4, -0.2) is 18.1 Å². The zero-order valence-corrected chi connectivity index (χ0v) is 15.5. The molecule has 3 rings (SSSR count). The second kappa shape index (κ2) is 7.53. The minimum absolute atomic E-state index is 0. The molecule has 0 atom stereocenters. The lowest BCUT2D eigenvalue weighted by atomic mass is 10.0. The van der Waals surface area contributed by atoms with Crippen LogP contribution in [-0.2, 0) is 4.74 Å². The first-order valence-corrected chi connectivity index (χ1v) is 7.82. The van der Waals surface area contributed by atoms with Crippen molar-refractivity contribution in [2.24, 2.45) is 0 Å². The van der Waals surface area contributed by atoms with E-state index < -0.39 is 0 Å². The van der Waals surface area contributed by atoms with Crippen molar-refractivity contribution >= 4 is 40.8 Å². The molecule has 4 nitrogen and oxygen atoms in total. The number of methoxy groups -OCH3 is 1. The van der Waals surface area contributed by atoms with Crippen molar-refractivity contribution in [1.82, 2.24) is 4.98 Å². The van der Waals surface area contributed by atoms with Gasteiger partial charge in [-0.05, 0) is 68.3 Å². The number of pyridine rings is 1. The van der Waals surface area contributed by atoms with Crippen molar-refractivity contribution in [3.8, 4) is 0 Å². The normalized spacial score (nSPS) is 10.2. The summed E-state index contributed by atoms with van der Waals surface area (Å²) in [7, 11) is 1.38. The zero-order valence-electron chi connectivity index (χ0n) is 14.7. The van der Waals surface area contributed by atoms with Crippen molar-refractivity contribution in [3.63, 3.8) is 0 Å². The number of esters is 1. The Bertz CT molecular complexity index is 921. The van der Waals surface area contributed by atoms with E-state index in [4.69, 9.17) is 9.72 Å². The van der Waals surface area contributed by atoms with E-state index in [0.717, 1.165) is 22.6 Å². The van der Waals surface area contributed by atoms with Gasteiger partial charge in [0, 0.05) is 11.1 Å². The summed E-state index contributed by atoms with van der Waals surface area (Å²) in [6.07, 6.45) is 0. The summed E-state index contributed by atoms with van der Waals surface area (Å²) in [5.41, 5.74) is 5.99. The molecule has 0 aliphatic rings. The third kappa shape index (κ3) is 3.91. The molecule has 1 N–H and O–H groups in total. The number of anilines is 2. The Kier molecular flexibility index (Phi) is 5.65. The molecule has 0 bridgehead atoms. The molecule has 2 aromatic carbocycles. The summed E-state index contributed by atoms with van der Waals surface area (Å²) < 4.78 is 4.71. The van der Waals surface area contributed by atoms with E-state index in [1.807, 2.05) is 18.2 Å². The van der Waals surface area contributed by atoms with Gasteiger partial charge in [0.15, 0.2) is 0 Å². The number of carbonyl (C=O) groups excluding carboxylic acids is 1. The monoisotopic (exact) mass is 356 g/mol. The van der Waals surface area contributed by atoms with Crippen molar-refractivity contribution < 1.29 is 9.53 Å². The first-order valence-electron chi connectivity index (χ1n) is 7.82. The third-order valence-electron chi connectivity index (χ3n) is 4.03. The van der Waals surface area contributed by atoms with Gasteiger partial charge in [0.05, 0.1) is 18.2 Å². The van der Waals surface area contributed by atoms with Crippen LogP contribution in [0.4, 0.5) is 11.5 Å². The van der Waals surface area contributed by atoms with Gasteiger partial charge in [-0.2, -0.15) is 0 Å². The van der Waals surface area contributed by atoms with Gasteiger partial charge in [-0.1, -0.05) is 11.6 Å². The summed E-state index contributed by atoms with van der Waals surface area (Å²) in [6, 6.07) is 13.5. The number of carbonyl (C=O) groups is 1. The lowest BCUT2D eigenvalue weighted by Crippen LogP contribution is -2.01. The molecule has 0 radical (unpaired) electrons. The molecule has 0 aliphatic carbocycles. The second-order valence-corrected chi connectivity index (χ2v) is 6.00. The van der Waals surface area contributed by atoms with Gasteiger partial charge < -0.3 is 10.1 Å². The molecule has 1 aromatic heterocycles. The van der Waals surface area contributed by atoms with E-state index in [2.05, 4.69) is 38.2 Å². The molecule has 1 heterocycles. The molecule has 0 aliphatic heterocycles. The Morgan fingerprint density at radius 1 is 1.00 bits per heavy atom. The van der Waals surface area contributed by atoms with Crippen molar-refractivity contribution in [2.45, 2.75) is 20.8 Å². The van der Waals surface area contributed by atoms with E-state index in [1.54, 1.807) is 12.1 Å². The maximum absolute atomic E-state index is 11.5. The van der Waals surface area contributed by atoms with Crippen molar-refractivity contribution in [2.75, 3.05) is 12.4 Å². The summed E-state index contributed by atoms with van der Waals surface area (Å²) in [4.78, 5) is 16.2. The maximum atomic E-state index is 11.5. The second-order valence-electron chi connectivity index (χ2n) is 6.00. The van der Waals surface area contributed by atoms with Gasteiger partial charge in [0.1, 0.15) is 5.82 Å². The van der Waals surface area contributed by atoms with Crippen LogP contribution in [0.5, 0.6) is 0 Å². The number of aryl methyl sites for hydroxylation is 3. The maximum Gasteiger partial charge on any atom is 0.337 e. The fraction of sp³-hybridized carbons (Fsp3) is 0.200. The molecule has 0 saturated carbocycles. The average molecular weight is 357 g/mol. The summed E-state index contributed by atoms with van der Waals surface area (Å²) in [5.74, 6) is 0.449. The highest BCUT2D eigenvalue weighted by Crippen LogP contribution is 2.26. The Labute approximate surface area is 153 Å². The molecule has 0 saturated heterocycles. The van der Waals surface area contributed by atoms with Gasteiger partial charge in [-0.3, -0.25) is 0 Å². The highest BCUT2D eigenvalue weighted by molar-refractivity contribution is 5.90. The average Bonchev–Trinajstić information content (AvgIpc) is 2.56. The van der Waals surface area contributed by atoms with Crippen LogP contribution in [0.2, 0.25) is 0 Å². The Balaban J connectivity index is 0.00000225. The molecule has 0 unspecified atom stereocenters. The number of ether oxygens (including phenoxy) is 1. The number of aromatic nitrogens is 1. The molecule has 3 aromatic rings. The van der Waals surface area contributed by atoms with E-state index in [0.29, 0.717) is 5.56 Å². The topological polar surface area (TPSA) is 51.2 Å². The number of rotatable bonds is 3. The van der Waals surface area contributed by atoms with Crippen LogP contribution < -0.4 is 5.32 Å². The number of fused-ring (bicyclic) bond motifs is 1. The van der Waals surface area contributed by atoms with E-state index in [-0.39, 0.29) is 18.4 Å². The SMILES string of the molecule is COC(=O)c1ccc(Nc2cc(C)c3cc(C)cc(C)c3n2)cc1.Cl. The van der Waals surface area contributed by atoms with Crippen LogP contribution in [0.3, 0.4) is 0 Å². The molecular formula is C20H21ClN2O2. The molecule has 130 valence electrons. The van der Waals surface area contributed by atoms with Gasteiger partial charge in [0.2, 0.25) is 0 Å². The number of hydrogen-bond donors (Lipinski definition) is 1. The Hall–Kier alpha value is -2.59. The van der Waals surface area contributed by atoms with Crippen molar-refractivity contribution in [1.29, 1.82) is 0 Å². The third-order valence-corrected chi connectivity index (χ3v) is 4.03. The molecule has 5 heteroatoms. The van der Waals surface area contributed by atoms with Gasteiger partial charge in [0.25, 0.3) is 0 Å². The zero-order chi connectivity index (χ0) is 17.3. The van der Waals surface area contributed by atoms with Crippen LogP contribution >= 0.6 is 12.4 Å². The highest BCUT2D eigenvalue weighted by atomic mass is 35.5. The van der Waals surface area contributed by atoms with Gasteiger partial charge >= 0.3 is 5.97 Å². The molecule has 0 amide bonds. The number of nitrogens with one attached hydrogen (secondary N) is 1. The first-order chi connectivity index (χ1) is 11.5. The van der Waals surface area contributed by atoms with Crippen LogP contribution in [0, 0.1) is 20.8 Å². The highest BCUT2D eigenvalue weighted by Gasteiger charge is 2.08. The van der Waals surface area contributed by atoms with E-state index in [9.17, 15) is 4.79 Å². The molecular weight excluding hydrogens is 336 g/mol. The van der Waals surface area contributed by atoms with Gasteiger partial charge in [-0.15, -0.1) is 12.4 Å². The van der Waals surface area contributed by atoms with E-state index >= 15 is 0 Å². The largest absolute Gasteiger partial charge is 0.465 e. The number of hydrogen-bond acceptors (Lipinski definition) is 4. The van der Waals surface area contributed by atoms with Crippen molar-refractivity contribution in [3.05, 3.63) is 64.7 Å². The molecule has 0 spiro atoms. The standard InChI is InChI=1S/C20H20N2O2.ClH/c1-12-9-14(3)19-17(10-12)13(2)11-18(22-19)21-16-7-5-15(6-8-16)20(23)24-4;/h5-11H,1-4H3,(H,21,22);1H. The minimum atomic E-state index is -0.341. The number of benzene rings is 2. The summed E-state index contributed by atoms with van der Waals surface area (Å²) >= 11 is 0. The van der Waals surface area contributed by atoms with E-state index in [1.165, 1.54) is 23.6 Å². The predicted octanol–water partition coefficient (Wildman–Crippen LogP) is 5.11.